The fourth-order valence-electron chi connectivity index (χ4n) is 1.06. The highest BCUT2D eigenvalue weighted by Gasteiger charge is 2.21. The van der Waals surface area contributed by atoms with Gasteiger partial charge in [0.25, 0.3) is 0 Å². The highest BCUT2D eigenvalue weighted by atomic mass is 32.2. The summed E-state index contributed by atoms with van der Waals surface area (Å²) in [5.74, 6) is 0.187. The van der Waals surface area contributed by atoms with Gasteiger partial charge in [-0.1, -0.05) is 0 Å². The normalized spacial score (nSPS) is 12.7. The Bertz CT molecular complexity index is 449. The van der Waals surface area contributed by atoms with Crippen LogP contribution < -0.4 is 10.5 Å². The van der Waals surface area contributed by atoms with Crippen LogP contribution in [0.25, 0.3) is 0 Å². The second-order valence-corrected chi connectivity index (χ2v) is 5.95. The van der Waals surface area contributed by atoms with Crippen LogP contribution in [0, 0.1) is 0 Å². The molecule has 0 saturated carbocycles. The number of hydrogen-bond donors (Lipinski definition) is 2. The van der Waals surface area contributed by atoms with Gasteiger partial charge >= 0.3 is 0 Å². The Labute approximate surface area is 89.8 Å². The van der Waals surface area contributed by atoms with Crippen molar-refractivity contribution in [1.29, 1.82) is 0 Å². The van der Waals surface area contributed by atoms with E-state index in [4.69, 9.17) is 5.73 Å². The Balaban J connectivity index is 3.07. The summed E-state index contributed by atoms with van der Waals surface area (Å²) >= 11 is 0. The monoisotopic (exact) mass is 229 g/mol. The highest BCUT2D eigenvalue weighted by molar-refractivity contribution is 7.89. The Morgan fingerprint density at radius 1 is 1.40 bits per heavy atom. The maximum Gasteiger partial charge on any atom is 0.241 e. The number of nitrogens with one attached hydrogen (secondary N) is 1. The van der Waals surface area contributed by atoms with Gasteiger partial charge in [0.05, 0.1) is 4.90 Å². The quantitative estimate of drug-likeness (QED) is 0.783. The third-order valence-corrected chi connectivity index (χ3v) is 3.26. The number of hydrogen-bond acceptors (Lipinski definition) is 4. The van der Waals surface area contributed by atoms with Gasteiger partial charge in [-0.05, 0) is 26.8 Å². The predicted molar refractivity (Wildman–Crippen MR) is 58.7 cm³/mol. The molecule has 0 atom stereocenters. The molecule has 5 nitrogen and oxygen atoms in total. The molecule has 15 heavy (non-hydrogen) atoms. The molecule has 6 heteroatoms. The minimum atomic E-state index is -3.51. The van der Waals surface area contributed by atoms with E-state index in [9.17, 15) is 8.42 Å². The van der Waals surface area contributed by atoms with Gasteiger partial charge < -0.3 is 5.73 Å². The van der Waals surface area contributed by atoms with E-state index in [2.05, 4.69) is 9.71 Å². The summed E-state index contributed by atoms with van der Waals surface area (Å²) in [7, 11) is -3.51. The summed E-state index contributed by atoms with van der Waals surface area (Å²) in [6, 6.07) is 2.73. The third kappa shape index (κ3) is 3.49. The van der Waals surface area contributed by atoms with E-state index in [0.29, 0.717) is 0 Å². The molecule has 1 rings (SSSR count). The van der Waals surface area contributed by atoms with E-state index in [1.807, 2.05) is 0 Å². The molecule has 1 heterocycles. The minimum absolute atomic E-state index is 0.130. The molecule has 1 aromatic rings. The number of sulfonamides is 1. The van der Waals surface area contributed by atoms with Crippen molar-refractivity contribution in [3.8, 4) is 0 Å². The molecule has 0 aliphatic rings. The van der Waals surface area contributed by atoms with Crippen molar-refractivity contribution in [2.45, 2.75) is 31.2 Å². The standard InChI is InChI=1S/C9H15N3O2S/c1-9(2,3)12-15(13,14)7-4-5-11-8(10)6-7/h4-6,12H,1-3H3,(H2,10,11). The SMILES string of the molecule is CC(C)(C)NS(=O)(=O)c1ccnc(N)c1. The molecular formula is C9H15N3O2S. The zero-order valence-corrected chi connectivity index (χ0v) is 9.80. The molecule has 0 saturated heterocycles. The zero-order valence-electron chi connectivity index (χ0n) is 8.98. The van der Waals surface area contributed by atoms with Crippen LogP contribution in [0.2, 0.25) is 0 Å². The predicted octanol–water partition coefficient (Wildman–Crippen LogP) is 0.741. The molecule has 0 radical (unpaired) electrons. The summed E-state index contributed by atoms with van der Waals surface area (Å²) in [6.45, 7) is 5.32. The van der Waals surface area contributed by atoms with Gasteiger partial charge in [0, 0.05) is 17.8 Å². The smallest absolute Gasteiger partial charge is 0.241 e. The zero-order chi connectivity index (χ0) is 11.7. The van der Waals surface area contributed by atoms with Crippen molar-refractivity contribution >= 4 is 15.8 Å². The third-order valence-electron chi connectivity index (χ3n) is 1.50. The first-order valence-electron chi connectivity index (χ1n) is 4.46. The number of pyridine rings is 1. The summed E-state index contributed by atoms with van der Waals surface area (Å²) < 4.78 is 26.1. The lowest BCUT2D eigenvalue weighted by atomic mass is 10.1. The highest BCUT2D eigenvalue weighted by Crippen LogP contribution is 2.13. The van der Waals surface area contributed by atoms with Crippen LogP contribution in [0.15, 0.2) is 23.2 Å². The van der Waals surface area contributed by atoms with Crippen molar-refractivity contribution in [3.05, 3.63) is 18.3 Å². The van der Waals surface area contributed by atoms with Crippen LogP contribution >= 0.6 is 0 Å². The molecular weight excluding hydrogens is 214 g/mol. The van der Waals surface area contributed by atoms with E-state index in [1.54, 1.807) is 20.8 Å². The number of rotatable bonds is 2. The number of nitrogens with zero attached hydrogens (tertiary/aromatic N) is 1. The second kappa shape index (κ2) is 3.79. The summed E-state index contributed by atoms with van der Waals surface area (Å²) in [6.07, 6.45) is 1.37. The second-order valence-electron chi connectivity index (χ2n) is 4.27. The van der Waals surface area contributed by atoms with Crippen LogP contribution in [-0.2, 0) is 10.0 Å². The van der Waals surface area contributed by atoms with Gasteiger partial charge in [-0.25, -0.2) is 18.1 Å². The fourth-order valence-corrected chi connectivity index (χ4v) is 2.50. The van der Waals surface area contributed by atoms with E-state index in [-0.39, 0.29) is 10.7 Å². The van der Waals surface area contributed by atoms with Gasteiger partial charge in [-0.2, -0.15) is 0 Å². The number of nitrogens with two attached hydrogens (primary N) is 1. The van der Waals surface area contributed by atoms with Crippen molar-refractivity contribution < 1.29 is 8.42 Å². The first-order chi connectivity index (χ1) is 6.71. The Hall–Kier alpha value is -1.14. The van der Waals surface area contributed by atoms with Gasteiger partial charge in [0.15, 0.2) is 0 Å². The molecule has 0 aliphatic heterocycles. The number of anilines is 1. The van der Waals surface area contributed by atoms with Gasteiger partial charge in [0.2, 0.25) is 10.0 Å². The average molecular weight is 229 g/mol. The molecule has 0 aromatic carbocycles. The van der Waals surface area contributed by atoms with Gasteiger partial charge in [-0.15, -0.1) is 0 Å². The van der Waals surface area contributed by atoms with Crippen molar-refractivity contribution in [2.24, 2.45) is 0 Å². The topological polar surface area (TPSA) is 85.1 Å². The molecule has 84 valence electrons. The van der Waals surface area contributed by atoms with Crippen LogP contribution in [-0.4, -0.2) is 18.9 Å². The number of nitrogen functional groups attached to an aromatic ring is 1. The van der Waals surface area contributed by atoms with Crippen LogP contribution in [0.5, 0.6) is 0 Å². The van der Waals surface area contributed by atoms with Crippen molar-refractivity contribution in [2.75, 3.05) is 5.73 Å². The summed E-state index contributed by atoms with van der Waals surface area (Å²) in [5, 5.41) is 0. The molecule has 0 amide bonds. The van der Waals surface area contributed by atoms with E-state index in [0.717, 1.165) is 0 Å². The fraction of sp³-hybridized carbons (Fsp3) is 0.444. The van der Waals surface area contributed by atoms with E-state index >= 15 is 0 Å². The number of aromatic nitrogens is 1. The Morgan fingerprint density at radius 2 is 2.00 bits per heavy atom. The molecule has 3 N–H and O–H groups in total. The minimum Gasteiger partial charge on any atom is -0.384 e. The van der Waals surface area contributed by atoms with Crippen molar-refractivity contribution in [1.82, 2.24) is 9.71 Å². The Kier molecular flexibility index (Phi) is 3.01. The lowest BCUT2D eigenvalue weighted by molar-refractivity contribution is 0.491. The molecule has 1 aromatic heterocycles. The molecule has 0 aliphatic carbocycles. The van der Waals surface area contributed by atoms with Crippen molar-refractivity contribution in [3.63, 3.8) is 0 Å². The van der Waals surface area contributed by atoms with E-state index < -0.39 is 15.6 Å². The van der Waals surface area contributed by atoms with Crippen LogP contribution in [0.3, 0.4) is 0 Å². The van der Waals surface area contributed by atoms with Gasteiger partial charge in [0.1, 0.15) is 5.82 Å². The lowest BCUT2D eigenvalue weighted by Gasteiger charge is -2.20. The summed E-state index contributed by atoms with van der Waals surface area (Å²) in [4.78, 5) is 3.86. The maximum atomic E-state index is 11.8. The largest absolute Gasteiger partial charge is 0.384 e. The summed E-state index contributed by atoms with van der Waals surface area (Å²) in [5.41, 5.74) is 4.90. The molecule has 0 spiro atoms. The average Bonchev–Trinajstić information content (AvgIpc) is 1.99. The molecule has 0 fully saturated rings. The van der Waals surface area contributed by atoms with Crippen LogP contribution in [0.1, 0.15) is 20.8 Å². The van der Waals surface area contributed by atoms with Crippen LogP contribution in [0.4, 0.5) is 5.82 Å². The van der Waals surface area contributed by atoms with Gasteiger partial charge in [-0.3, -0.25) is 0 Å². The van der Waals surface area contributed by atoms with E-state index in [1.165, 1.54) is 18.3 Å². The Morgan fingerprint density at radius 3 is 2.47 bits per heavy atom. The maximum absolute atomic E-state index is 11.8. The molecule has 0 unspecified atom stereocenters. The first kappa shape index (κ1) is 11.9. The lowest BCUT2D eigenvalue weighted by Crippen LogP contribution is -2.40. The first-order valence-corrected chi connectivity index (χ1v) is 5.94. The molecule has 0 bridgehead atoms.